The summed E-state index contributed by atoms with van der Waals surface area (Å²) in [6.45, 7) is 8.14. The van der Waals surface area contributed by atoms with Crippen molar-refractivity contribution in [1.82, 2.24) is 0 Å². The Bertz CT molecular complexity index is 562. The van der Waals surface area contributed by atoms with Gasteiger partial charge in [-0.3, -0.25) is 0 Å². The van der Waals surface area contributed by atoms with Crippen LogP contribution < -0.4 is 4.57 Å². The summed E-state index contributed by atoms with van der Waals surface area (Å²) in [5.41, 5.74) is 1.33. The maximum atomic E-state index is 5.99. The molecule has 0 saturated carbocycles. The van der Waals surface area contributed by atoms with Crippen LogP contribution in [0.1, 0.15) is 115 Å². The Labute approximate surface area is 199 Å². The van der Waals surface area contributed by atoms with E-state index in [2.05, 4.69) is 42.8 Å². The molecule has 0 unspecified atom stereocenters. The summed E-state index contributed by atoms with van der Waals surface area (Å²) < 4.78 is 14.2. The minimum Gasteiger partial charge on any atom is -0.379 e. The van der Waals surface area contributed by atoms with Crippen molar-refractivity contribution in [2.45, 2.75) is 129 Å². The van der Waals surface area contributed by atoms with Gasteiger partial charge in [0.1, 0.15) is 6.54 Å². The van der Waals surface area contributed by atoms with Gasteiger partial charge in [-0.05, 0) is 25.2 Å². The lowest BCUT2D eigenvalue weighted by molar-refractivity contribution is -0.703. The first-order valence-electron chi connectivity index (χ1n) is 13.9. The minimum absolute atomic E-state index is 0.336. The van der Waals surface area contributed by atoms with E-state index in [4.69, 9.17) is 9.47 Å². The summed E-state index contributed by atoms with van der Waals surface area (Å²) in [7, 11) is 0. The first-order valence-corrected chi connectivity index (χ1v) is 13.9. The molecule has 0 spiro atoms. The third-order valence-electron chi connectivity index (χ3n) is 7.04. The first kappa shape index (κ1) is 27.3. The van der Waals surface area contributed by atoms with Crippen molar-refractivity contribution < 1.29 is 14.0 Å². The quantitative estimate of drug-likeness (QED) is 0.152. The molecular formula is C29H52NO2+. The number of aromatic nitrogens is 1. The van der Waals surface area contributed by atoms with Gasteiger partial charge in [0.15, 0.2) is 11.9 Å². The topological polar surface area (TPSA) is 22.3 Å². The van der Waals surface area contributed by atoms with Crippen molar-refractivity contribution in [3.8, 4) is 0 Å². The van der Waals surface area contributed by atoms with Crippen molar-refractivity contribution in [1.29, 1.82) is 0 Å². The molecule has 0 bridgehead atoms. The highest BCUT2D eigenvalue weighted by Crippen LogP contribution is 2.25. The maximum Gasteiger partial charge on any atom is 0.178 e. The van der Waals surface area contributed by atoms with Gasteiger partial charge in [-0.1, -0.05) is 90.0 Å². The monoisotopic (exact) mass is 446 g/mol. The van der Waals surface area contributed by atoms with Gasteiger partial charge in [-0.2, -0.15) is 0 Å². The van der Waals surface area contributed by atoms with E-state index >= 15 is 0 Å². The van der Waals surface area contributed by atoms with Crippen molar-refractivity contribution in [3.63, 3.8) is 0 Å². The molecule has 2 heterocycles. The molecule has 1 aromatic rings. The highest BCUT2D eigenvalue weighted by molar-refractivity contribution is 4.93. The Kier molecular flexibility index (Phi) is 15.8. The molecule has 3 nitrogen and oxygen atoms in total. The number of aryl methyl sites for hydroxylation is 2. The zero-order valence-electron chi connectivity index (χ0n) is 21.4. The molecule has 0 aromatic carbocycles. The molecule has 0 radical (unpaired) electrons. The number of rotatable bonds is 20. The third-order valence-corrected chi connectivity index (χ3v) is 7.04. The maximum absolute atomic E-state index is 5.99. The van der Waals surface area contributed by atoms with Crippen LogP contribution in [0.25, 0.3) is 0 Å². The SMILES string of the molecule is CCCCCCCCCCCCCC[C@@H]1CO[C@@H](COCCCC[n+]2ccccc2C)C1. The fraction of sp³-hybridized carbons (Fsp3) is 0.828. The van der Waals surface area contributed by atoms with Gasteiger partial charge < -0.3 is 9.47 Å². The van der Waals surface area contributed by atoms with E-state index in [1.54, 1.807) is 0 Å². The number of nitrogens with zero attached hydrogens (tertiary/aromatic N) is 1. The van der Waals surface area contributed by atoms with Gasteiger partial charge in [-0.25, -0.2) is 4.57 Å². The third kappa shape index (κ3) is 12.9. The Balaban J connectivity index is 1.33. The molecule has 1 aliphatic rings. The van der Waals surface area contributed by atoms with E-state index in [0.717, 1.165) is 38.7 Å². The predicted octanol–water partition coefficient (Wildman–Crippen LogP) is 7.58. The molecule has 0 amide bonds. The number of hydrogen-bond acceptors (Lipinski definition) is 2. The summed E-state index contributed by atoms with van der Waals surface area (Å²) in [6.07, 6.45) is 24.5. The van der Waals surface area contributed by atoms with Gasteiger partial charge in [0, 0.05) is 38.7 Å². The summed E-state index contributed by atoms with van der Waals surface area (Å²) in [5, 5.41) is 0. The van der Waals surface area contributed by atoms with Crippen LogP contribution in [-0.4, -0.2) is 25.9 Å². The molecule has 2 rings (SSSR count). The van der Waals surface area contributed by atoms with Gasteiger partial charge >= 0.3 is 0 Å². The Morgan fingerprint density at radius 1 is 0.875 bits per heavy atom. The molecule has 1 saturated heterocycles. The summed E-state index contributed by atoms with van der Waals surface area (Å²) >= 11 is 0. The van der Waals surface area contributed by atoms with E-state index in [1.165, 1.54) is 102 Å². The Hall–Kier alpha value is -0.930. The van der Waals surface area contributed by atoms with E-state index in [0.29, 0.717) is 6.10 Å². The second-order valence-corrected chi connectivity index (χ2v) is 10.1. The molecule has 3 heteroatoms. The molecule has 2 atom stereocenters. The van der Waals surface area contributed by atoms with Crippen molar-refractivity contribution in [3.05, 3.63) is 30.1 Å². The van der Waals surface area contributed by atoms with Crippen LogP contribution in [0.2, 0.25) is 0 Å². The van der Waals surface area contributed by atoms with Gasteiger partial charge in [0.05, 0.1) is 12.7 Å². The second kappa shape index (κ2) is 18.5. The average Bonchev–Trinajstić information content (AvgIpc) is 3.25. The van der Waals surface area contributed by atoms with E-state index in [9.17, 15) is 0 Å². The van der Waals surface area contributed by atoms with Crippen molar-refractivity contribution >= 4 is 0 Å². The van der Waals surface area contributed by atoms with Crippen molar-refractivity contribution in [2.24, 2.45) is 5.92 Å². The van der Waals surface area contributed by atoms with Gasteiger partial charge in [0.25, 0.3) is 0 Å². The van der Waals surface area contributed by atoms with E-state index in [1.807, 2.05) is 0 Å². The Morgan fingerprint density at radius 3 is 2.25 bits per heavy atom. The number of hydrogen-bond donors (Lipinski definition) is 0. The van der Waals surface area contributed by atoms with Crippen LogP contribution in [0, 0.1) is 12.8 Å². The van der Waals surface area contributed by atoms with Gasteiger partial charge in [-0.15, -0.1) is 0 Å². The summed E-state index contributed by atoms with van der Waals surface area (Å²) in [6, 6.07) is 6.37. The lowest BCUT2D eigenvalue weighted by Crippen LogP contribution is -2.36. The standard InChI is InChI=1S/C29H52NO2/c1-3-4-5-6-7-8-9-10-11-12-13-14-20-28-24-29(32-25-28)26-31-23-18-17-22-30-21-16-15-19-27(30)2/h15-16,19,21,28-29H,3-14,17-18,20,22-26H2,1-2H3/q+1/t28-,29+/m0/s1. The van der Waals surface area contributed by atoms with Crippen LogP contribution in [0.4, 0.5) is 0 Å². The summed E-state index contributed by atoms with van der Waals surface area (Å²) in [5.74, 6) is 0.768. The zero-order valence-corrected chi connectivity index (χ0v) is 21.4. The largest absolute Gasteiger partial charge is 0.379 e. The van der Waals surface area contributed by atoms with Crippen LogP contribution in [-0.2, 0) is 16.0 Å². The zero-order chi connectivity index (χ0) is 22.7. The predicted molar refractivity (Wildman–Crippen MR) is 135 cm³/mol. The molecule has 1 aromatic heterocycles. The van der Waals surface area contributed by atoms with Crippen LogP contribution in [0.15, 0.2) is 24.4 Å². The molecule has 1 fully saturated rings. The molecule has 0 N–H and O–H groups in total. The summed E-state index contributed by atoms with van der Waals surface area (Å²) in [4.78, 5) is 0. The lowest BCUT2D eigenvalue weighted by Gasteiger charge is -2.10. The first-order chi connectivity index (χ1) is 15.8. The Morgan fingerprint density at radius 2 is 1.56 bits per heavy atom. The normalized spacial score (nSPS) is 18.4. The molecule has 1 aliphatic heterocycles. The highest BCUT2D eigenvalue weighted by atomic mass is 16.5. The van der Waals surface area contributed by atoms with Crippen LogP contribution >= 0.6 is 0 Å². The minimum atomic E-state index is 0.336. The molecule has 32 heavy (non-hydrogen) atoms. The number of ether oxygens (including phenoxy) is 2. The highest BCUT2D eigenvalue weighted by Gasteiger charge is 2.25. The van der Waals surface area contributed by atoms with Gasteiger partial charge in [0.2, 0.25) is 0 Å². The van der Waals surface area contributed by atoms with Crippen LogP contribution in [0.5, 0.6) is 0 Å². The molecule has 184 valence electrons. The van der Waals surface area contributed by atoms with E-state index < -0.39 is 0 Å². The van der Waals surface area contributed by atoms with Crippen LogP contribution in [0.3, 0.4) is 0 Å². The number of pyridine rings is 1. The van der Waals surface area contributed by atoms with E-state index in [-0.39, 0.29) is 0 Å². The molecular weight excluding hydrogens is 394 g/mol. The average molecular weight is 447 g/mol. The smallest absolute Gasteiger partial charge is 0.178 e. The fourth-order valence-electron chi connectivity index (χ4n) is 4.89. The second-order valence-electron chi connectivity index (χ2n) is 10.1. The lowest BCUT2D eigenvalue weighted by atomic mass is 9.97. The fourth-order valence-corrected chi connectivity index (χ4v) is 4.89. The molecule has 0 aliphatic carbocycles. The number of unbranched alkanes of at least 4 members (excludes halogenated alkanes) is 12. The van der Waals surface area contributed by atoms with Crippen molar-refractivity contribution in [2.75, 3.05) is 19.8 Å².